The minimum atomic E-state index is -8.55. The summed E-state index contributed by atoms with van der Waals surface area (Å²) < 4.78 is 56.4. The second-order valence-electron chi connectivity index (χ2n) is 5.79. The maximum atomic E-state index is 11.9. The van der Waals surface area contributed by atoms with E-state index in [0.717, 1.165) is 18.6 Å². The molecule has 27 heavy (non-hydrogen) atoms. The molecule has 1 fully saturated rings. The second kappa shape index (κ2) is 8.55. The van der Waals surface area contributed by atoms with Crippen LogP contribution in [0.5, 0.6) is 0 Å². The molecule has 2 heterocycles. The molecule has 1 saturated heterocycles. The van der Waals surface area contributed by atoms with Gasteiger partial charge in [0, 0.05) is 13.1 Å². The van der Waals surface area contributed by atoms with Crippen LogP contribution in [0.2, 0.25) is 0 Å². The van der Waals surface area contributed by atoms with Gasteiger partial charge in [0.2, 0.25) is 17.3 Å². The van der Waals surface area contributed by atoms with Crippen molar-refractivity contribution in [3.63, 3.8) is 0 Å². The standard InChI is InChI=1S/C13H19N5O2.F5P.FH/c1-15(2)13(16-7-9-20-10-8-16)17-11-5-3-4-6-12(11)18(19)14-17;1-6(2,3,4)5;/h3-6,13H,7-10H2,1-2H3;;1H/p-1. The molecule has 156 valence electrons. The van der Waals surface area contributed by atoms with Crippen molar-refractivity contribution in [2.45, 2.75) is 6.29 Å². The molecule has 0 aliphatic carbocycles. The van der Waals surface area contributed by atoms with Gasteiger partial charge in [-0.2, -0.15) is 0 Å². The maximum absolute atomic E-state index is 11.9. The van der Waals surface area contributed by atoms with Crippen LogP contribution in [0.25, 0.3) is 11.0 Å². The molecule has 7 nitrogen and oxygen atoms in total. The van der Waals surface area contributed by atoms with Gasteiger partial charge in [0.05, 0.1) is 18.4 Å². The van der Waals surface area contributed by atoms with Crippen LogP contribution in [0.1, 0.15) is 6.29 Å². The van der Waals surface area contributed by atoms with Crippen molar-refractivity contribution < 1.29 is 35.3 Å². The number of morpholine rings is 1. The van der Waals surface area contributed by atoms with E-state index in [1.807, 2.05) is 32.3 Å². The fraction of sp³-hybridized carbons (Fsp3) is 0.538. The van der Waals surface area contributed by atoms with Crippen LogP contribution >= 0.6 is 8.16 Å². The van der Waals surface area contributed by atoms with E-state index < -0.39 is 8.16 Å². The number of fused-ring (bicyclic) bond motifs is 1. The first kappa shape index (κ1) is 23.3. The topological polar surface area (TPSA) is 60.5 Å². The summed E-state index contributed by atoms with van der Waals surface area (Å²) in [5.41, 5.74) is 1.43. The van der Waals surface area contributed by atoms with Crippen molar-refractivity contribution in [2.24, 2.45) is 0 Å². The van der Waals surface area contributed by atoms with Crippen molar-refractivity contribution in [3.8, 4) is 0 Å². The average Bonchev–Trinajstić information content (AvgIpc) is 2.83. The monoisotopic (exact) mass is 422 g/mol. The number of ether oxygens (including phenoxy) is 1. The Bertz CT molecular complexity index is 731. The number of aromatic nitrogens is 3. The maximum Gasteiger partial charge on any atom is -1.00 e. The molecular weight excluding hydrogens is 403 g/mol. The van der Waals surface area contributed by atoms with E-state index in [-0.39, 0.29) is 11.0 Å². The van der Waals surface area contributed by atoms with E-state index in [1.165, 1.54) is 0 Å². The van der Waals surface area contributed by atoms with Crippen LogP contribution in [0.3, 0.4) is 0 Å². The molecule has 1 aliphatic rings. The SMILES string of the molecule is CN(C)C(N1CCOCC1)n1n[n+]([O-])c2ccccc21.FP(F)(F)(F)F.[F-]. The van der Waals surface area contributed by atoms with Crippen molar-refractivity contribution in [2.75, 3.05) is 40.4 Å². The van der Waals surface area contributed by atoms with Crippen LogP contribution < -0.4 is 9.55 Å². The van der Waals surface area contributed by atoms with Gasteiger partial charge >= 0.3 is 29.1 Å². The number of nitrogens with zero attached hydrogens (tertiary/aromatic N) is 5. The number of hydrogen-bond acceptors (Lipinski definition) is 5. The van der Waals surface area contributed by atoms with Gasteiger partial charge in [-0.3, -0.25) is 4.90 Å². The molecule has 0 N–H and O–H groups in total. The van der Waals surface area contributed by atoms with Gasteiger partial charge in [0.25, 0.3) is 0 Å². The predicted octanol–water partition coefficient (Wildman–Crippen LogP) is -0.0142. The minimum Gasteiger partial charge on any atom is -1.00 e. The smallest absolute Gasteiger partial charge is 1.00 e. The summed E-state index contributed by atoms with van der Waals surface area (Å²) in [5, 5.41) is 16.1. The molecular formula is C13H19F6N5O2P-. The van der Waals surface area contributed by atoms with Gasteiger partial charge in [-0.05, 0) is 26.2 Å². The van der Waals surface area contributed by atoms with Crippen LogP contribution in [0.15, 0.2) is 24.3 Å². The summed E-state index contributed by atoms with van der Waals surface area (Å²) in [4.78, 5) is 5.01. The number of rotatable bonds is 3. The summed E-state index contributed by atoms with van der Waals surface area (Å²) in [6, 6.07) is 7.49. The normalized spacial score (nSPS) is 18.1. The van der Waals surface area contributed by atoms with E-state index in [2.05, 4.69) is 15.0 Å². The Morgan fingerprint density at radius 3 is 2.19 bits per heavy atom. The Balaban J connectivity index is 0.000000456. The van der Waals surface area contributed by atoms with E-state index in [0.29, 0.717) is 23.6 Å². The zero-order valence-corrected chi connectivity index (χ0v) is 15.4. The predicted molar refractivity (Wildman–Crippen MR) is 86.3 cm³/mol. The summed E-state index contributed by atoms with van der Waals surface area (Å²) in [5.74, 6) is 0. The fourth-order valence-electron chi connectivity index (χ4n) is 2.68. The molecule has 1 aliphatic heterocycles. The average molecular weight is 422 g/mol. The molecule has 0 amide bonds. The number of halogens is 6. The van der Waals surface area contributed by atoms with E-state index >= 15 is 0 Å². The zero-order chi connectivity index (χ0) is 19.6. The summed E-state index contributed by atoms with van der Waals surface area (Å²) >= 11 is 0. The van der Waals surface area contributed by atoms with Crippen molar-refractivity contribution in [1.82, 2.24) is 19.7 Å². The molecule has 1 atom stereocenters. The van der Waals surface area contributed by atoms with Crippen LogP contribution in [0.4, 0.5) is 21.0 Å². The van der Waals surface area contributed by atoms with E-state index in [4.69, 9.17) is 4.74 Å². The number of benzene rings is 1. The minimum absolute atomic E-state index is 0. The first-order chi connectivity index (χ1) is 11.9. The van der Waals surface area contributed by atoms with E-state index in [9.17, 15) is 26.2 Å². The van der Waals surface area contributed by atoms with Gasteiger partial charge in [-0.1, -0.05) is 16.8 Å². The van der Waals surface area contributed by atoms with E-state index in [1.54, 1.807) is 10.7 Å². The molecule has 2 aromatic rings. The summed E-state index contributed by atoms with van der Waals surface area (Å²) in [6.45, 7) is 3.08. The molecule has 0 spiro atoms. The van der Waals surface area contributed by atoms with Gasteiger partial charge in [0.1, 0.15) is 0 Å². The van der Waals surface area contributed by atoms with Gasteiger partial charge in [-0.15, -0.1) is 4.85 Å². The Hall–Kier alpha value is -1.69. The van der Waals surface area contributed by atoms with Crippen molar-refractivity contribution in [1.29, 1.82) is 0 Å². The molecule has 1 aromatic heterocycles. The fourth-order valence-corrected chi connectivity index (χ4v) is 2.68. The Morgan fingerprint density at radius 1 is 1.15 bits per heavy atom. The first-order valence-corrected chi connectivity index (χ1v) is 9.27. The van der Waals surface area contributed by atoms with Gasteiger partial charge < -0.3 is 14.6 Å². The van der Waals surface area contributed by atoms with Crippen molar-refractivity contribution >= 4 is 19.2 Å². The Morgan fingerprint density at radius 2 is 1.67 bits per heavy atom. The molecule has 14 heteroatoms. The zero-order valence-electron chi connectivity index (χ0n) is 14.5. The van der Waals surface area contributed by atoms with Crippen LogP contribution in [0, 0.1) is 5.21 Å². The van der Waals surface area contributed by atoms with Crippen LogP contribution in [-0.2, 0) is 4.74 Å². The molecule has 3 rings (SSSR count). The Labute approximate surface area is 151 Å². The van der Waals surface area contributed by atoms with Crippen molar-refractivity contribution in [3.05, 3.63) is 29.5 Å². The summed E-state index contributed by atoms with van der Waals surface area (Å²) in [6.07, 6.45) is -0.0843. The quantitative estimate of drug-likeness (QED) is 0.301. The molecule has 0 saturated carbocycles. The van der Waals surface area contributed by atoms with Crippen LogP contribution in [-0.4, -0.2) is 60.1 Å². The molecule has 1 unspecified atom stereocenters. The first-order valence-electron chi connectivity index (χ1n) is 7.58. The third kappa shape index (κ3) is 7.09. The molecule has 0 bridgehead atoms. The third-order valence-electron chi connectivity index (χ3n) is 3.57. The largest absolute Gasteiger partial charge is 1.00 e. The molecule has 1 aromatic carbocycles. The third-order valence-corrected chi connectivity index (χ3v) is 3.57. The molecule has 0 radical (unpaired) electrons. The second-order valence-corrected chi connectivity index (χ2v) is 7.07. The number of para-hydroxylation sites is 2. The van der Waals surface area contributed by atoms with Gasteiger partial charge in [0.15, 0.2) is 0 Å². The van der Waals surface area contributed by atoms with Gasteiger partial charge in [-0.25, -0.2) is 4.90 Å². The Kier molecular flexibility index (Phi) is 7.39. The number of hydrogen-bond donors (Lipinski definition) is 0. The summed E-state index contributed by atoms with van der Waals surface area (Å²) in [7, 11) is -4.57.